The Balaban J connectivity index is 0.0000101. The summed E-state index contributed by atoms with van der Waals surface area (Å²) in [7, 11) is 1.77. The monoisotopic (exact) mass is 641 g/mol. The van der Waals surface area contributed by atoms with Gasteiger partial charge in [0.2, 0.25) is 5.91 Å². The van der Waals surface area contributed by atoms with Crippen molar-refractivity contribution in [3.63, 3.8) is 0 Å². The number of carbonyl (C=O) groups excluding carboxylic acids is 2. The van der Waals surface area contributed by atoms with Crippen LogP contribution in [0.1, 0.15) is 80.1 Å². The number of rotatable bonds is 18. The van der Waals surface area contributed by atoms with E-state index in [9.17, 15) is 19.5 Å². The van der Waals surface area contributed by atoms with Crippen molar-refractivity contribution in [1.29, 1.82) is 0 Å². The molecule has 0 aromatic carbocycles. The zero-order chi connectivity index (χ0) is 33.0. The summed E-state index contributed by atoms with van der Waals surface area (Å²) in [6.07, 6.45) is 10.1. The number of nitrogens with zero attached hydrogens (tertiary/aromatic N) is 1. The minimum absolute atomic E-state index is 0. The third-order valence-electron chi connectivity index (χ3n) is 9.07. The number of ether oxygens (including phenoxy) is 3. The largest absolute Gasteiger partial charge is 1.00 e. The van der Waals surface area contributed by atoms with Crippen molar-refractivity contribution in [1.82, 2.24) is 15.5 Å². The van der Waals surface area contributed by atoms with Crippen molar-refractivity contribution in [3.8, 4) is 0 Å². The Morgan fingerprint density at radius 1 is 1.20 bits per heavy atom. The van der Waals surface area contributed by atoms with Crippen molar-refractivity contribution in [2.75, 3.05) is 26.7 Å². The zero-order valence-corrected chi connectivity index (χ0v) is 30.0. The van der Waals surface area contributed by atoms with Gasteiger partial charge in [0.15, 0.2) is 0 Å². The molecule has 0 spiro atoms. The van der Waals surface area contributed by atoms with E-state index in [1.807, 2.05) is 0 Å². The number of hydrogen-bond acceptors (Lipinski definition) is 6. The Bertz CT molecular complexity index is 1000. The van der Waals surface area contributed by atoms with E-state index in [4.69, 9.17) is 14.2 Å². The van der Waals surface area contributed by atoms with Crippen LogP contribution < -0.4 is 29.5 Å². The van der Waals surface area contributed by atoms with Crippen molar-refractivity contribution in [3.05, 3.63) is 45.1 Å². The van der Waals surface area contributed by atoms with Gasteiger partial charge in [0.1, 0.15) is 6.04 Å². The Morgan fingerprint density at radius 2 is 1.85 bits per heavy atom. The molecule has 2 aliphatic rings. The second-order valence-corrected chi connectivity index (χ2v) is 12.8. The molecule has 260 valence electrons. The van der Waals surface area contributed by atoms with Crippen LogP contribution in [0.3, 0.4) is 0 Å². The third-order valence-corrected chi connectivity index (χ3v) is 9.07. The number of hydrogen-bond donors (Lipinski definition) is 3. The summed E-state index contributed by atoms with van der Waals surface area (Å²) in [4.78, 5) is 38.0. The Hall–Kier alpha value is -1.83. The molecule has 3 N–H and O–H groups in total. The smallest absolute Gasteiger partial charge is 0.480 e. The molecule has 0 bridgehead atoms. The standard InChI is InChI=1S/C34H57N3O7.CH3.Li/c1-10-28(42-9)25(7)31-34(8,44-31)21-22(4)14-13-15-23(5)30-24(6)16-17-26(43-30)20-29(38)36-27(32(39)40)18-19-35-33(41)37(11-2)12-3;;/h13-15,22,24-28,30-31H,2-3,10-12,16-21H2,1,4-9H3,(H,35,41)(H,36,38)(H,39,40);1H3;/q-2;-1;+1/b14-13+,23-15+;;/t22-,24+,25-,26-,27+,28+,30-,31-,34-;;/m1../s1. The van der Waals surface area contributed by atoms with E-state index in [1.54, 1.807) is 7.11 Å². The minimum atomic E-state index is -1.15. The second kappa shape index (κ2) is 21.2. The first-order chi connectivity index (χ1) is 20.8. The topological polar surface area (TPSA) is 130 Å². The molecule has 2 fully saturated rings. The van der Waals surface area contributed by atoms with Crippen LogP contribution in [0.5, 0.6) is 0 Å². The van der Waals surface area contributed by atoms with Gasteiger partial charge >= 0.3 is 30.9 Å². The molecule has 0 radical (unpaired) electrons. The second-order valence-electron chi connectivity index (χ2n) is 12.8. The fourth-order valence-corrected chi connectivity index (χ4v) is 6.41. The first kappa shape index (κ1) is 44.2. The fourth-order valence-electron chi connectivity index (χ4n) is 6.41. The van der Waals surface area contributed by atoms with Gasteiger partial charge in [-0.15, -0.1) is 13.1 Å². The maximum atomic E-state index is 12.8. The zero-order valence-electron chi connectivity index (χ0n) is 30.0. The van der Waals surface area contributed by atoms with E-state index in [0.29, 0.717) is 17.8 Å². The van der Waals surface area contributed by atoms with E-state index in [-0.39, 0.29) is 101 Å². The molecule has 10 nitrogen and oxygen atoms in total. The maximum Gasteiger partial charge on any atom is 1.00 e. The molecule has 46 heavy (non-hydrogen) atoms. The van der Waals surface area contributed by atoms with E-state index in [2.05, 4.69) is 84.3 Å². The predicted molar refractivity (Wildman–Crippen MR) is 178 cm³/mol. The molecule has 9 atom stereocenters. The summed E-state index contributed by atoms with van der Waals surface area (Å²) in [5.74, 6) is -0.539. The first-order valence-corrected chi connectivity index (χ1v) is 16.1. The van der Waals surface area contributed by atoms with Crippen LogP contribution in [0.2, 0.25) is 0 Å². The number of carbonyl (C=O) groups is 3. The normalized spacial score (nSPS) is 26.9. The van der Waals surface area contributed by atoms with Crippen LogP contribution in [0.4, 0.5) is 4.79 Å². The number of carboxylic acid groups (broad SMARTS) is 1. The van der Waals surface area contributed by atoms with E-state index in [1.165, 1.54) is 4.90 Å². The number of allylic oxidation sites excluding steroid dienone is 3. The van der Waals surface area contributed by atoms with Crippen molar-refractivity contribution >= 4 is 17.9 Å². The summed E-state index contributed by atoms with van der Waals surface area (Å²) in [5, 5.41) is 14.8. The minimum Gasteiger partial charge on any atom is -0.480 e. The van der Waals surface area contributed by atoms with E-state index < -0.39 is 12.0 Å². The van der Waals surface area contributed by atoms with Gasteiger partial charge in [-0.05, 0) is 63.4 Å². The Morgan fingerprint density at radius 3 is 2.41 bits per heavy atom. The van der Waals surface area contributed by atoms with Crippen molar-refractivity contribution in [2.24, 2.45) is 17.8 Å². The summed E-state index contributed by atoms with van der Waals surface area (Å²) in [6, 6.07) is -1.48. The molecule has 0 aromatic rings. The molecule has 2 aliphatic heterocycles. The predicted octanol–water partition coefficient (Wildman–Crippen LogP) is 2.40. The van der Waals surface area contributed by atoms with E-state index in [0.717, 1.165) is 31.3 Å². The molecule has 0 saturated carbocycles. The molecular weight excluding hydrogens is 581 g/mol. The van der Waals surface area contributed by atoms with Gasteiger partial charge in [0, 0.05) is 19.6 Å². The quantitative estimate of drug-likeness (QED) is 0.0908. The molecule has 0 aliphatic carbocycles. The van der Waals surface area contributed by atoms with Crippen LogP contribution in [-0.2, 0) is 23.8 Å². The Labute approximate surface area is 291 Å². The average Bonchev–Trinajstić information content (AvgIpc) is 3.64. The van der Waals surface area contributed by atoms with Gasteiger partial charge in [0.25, 0.3) is 0 Å². The van der Waals surface area contributed by atoms with Crippen molar-refractivity contribution in [2.45, 2.75) is 116 Å². The van der Waals surface area contributed by atoms with Gasteiger partial charge in [-0.1, -0.05) is 45.9 Å². The molecule has 2 heterocycles. The van der Waals surface area contributed by atoms with Gasteiger partial charge < -0.3 is 56.1 Å². The summed E-state index contributed by atoms with van der Waals surface area (Å²) in [5.41, 5.74) is 0.965. The third kappa shape index (κ3) is 13.3. The van der Waals surface area contributed by atoms with Crippen LogP contribution in [0.25, 0.3) is 0 Å². The number of methoxy groups -OCH3 is 1. The van der Waals surface area contributed by atoms with Gasteiger partial charge in [-0.3, -0.25) is 4.79 Å². The van der Waals surface area contributed by atoms with Gasteiger partial charge in [-0.2, -0.15) is 0 Å². The molecule has 3 amide bonds. The number of amides is 3. The van der Waals surface area contributed by atoms with Gasteiger partial charge in [-0.25, -0.2) is 9.59 Å². The Kier molecular flexibility index (Phi) is 20.4. The molecule has 2 rings (SSSR count). The summed E-state index contributed by atoms with van der Waals surface area (Å²) < 4.78 is 18.1. The molecule has 0 aromatic heterocycles. The molecule has 2 saturated heterocycles. The first-order valence-electron chi connectivity index (χ1n) is 16.1. The van der Waals surface area contributed by atoms with E-state index >= 15 is 0 Å². The fraction of sp³-hybridized carbons (Fsp3) is 0.714. The number of aliphatic carboxylic acids is 1. The number of nitrogens with one attached hydrogen (secondary N) is 2. The maximum absolute atomic E-state index is 12.8. The summed E-state index contributed by atoms with van der Waals surface area (Å²) >= 11 is 0. The van der Waals surface area contributed by atoms with Crippen LogP contribution in [-0.4, -0.2) is 90.7 Å². The number of carboxylic acids is 1. The van der Waals surface area contributed by atoms with Crippen LogP contribution >= 0.6 is 0 Å². The average molecular weight is 642 g/mol. The number of urea groups is 1. The van der Waals surface area contributed by atoms with Crippen LogP contribution in [0.15, 0.2) is 23.8 Å². The van der Waals surface area contributed by atoms with Crippen molar-refractivity contribution < 1.29 is 52.6 Å². The molecule has 11 heteroatoms. The SMILES string of the molecule is [CH2-]CN(C[CH2-])C(=O)NCC[C@H](NC(=O)C[C@H]1CC[C@H](C)[C@@H](/C(C)=C/C=C/[C@@H](C)C[C@@]2(C)O[C@@H]2[C@H](C)[C@H](CC)OC)O1)C(=O)O.[CH3-].[Li+]. The number of epoxide rings is 1. The molecular formula is C35H60LiN3O7-2. The molecule has 0 unspecified atom stereocenters. The van der Waals surface area contributed by atoms with Gasteiger partial charge in [0.05, 0.1) is 36.4 Å². The summed E-state index contributed by atoms with van der Waals surface area (Å²) in [6.45, 7) is 20.9. The van der Waals surface area contributed by atoms with Crippen LogP contribution in [0, 0.1) is 39.0 Å².